The van der Waals surface area contributed by atoms with E-state index in [-0.39, 0.29) is 22.9 Å². The maximum absolute atomic E-state index is 14.3. The second-order valence-corrected chi connectivity index (χ2v) is 8.54. The lowest BCUT2D eigenvalue weighted by Gasteiger charge is -2.22. The van der Waals surface area contributed by atoms with E-state index in [9.17, 15) is 18.0 Å². The fraction of sp³-hybridized carbons (Fsp3) is 0.632. The topological polar surface area (TPSA) is 35.5 Å². The molecule has 0 radical (unpaired) electrons. The van der Waals surface area contributed by atoms with E-state index in [2.05, 4.69) is 0 Å². The lowest BCUT2D eigenvalue weighted by atomic mass is 9.89. The van der Waals surface area contributed by atoms with Crippen LogP contribution in [0.25, 0.3) is 0 Å². The van der Waals surface area contributed by atoms with Crippen molar-refractivity contribution in [1.29, 1.82) is 0 Å². The quantitative estimate of drug-likeness (QED) is 0.624. The molecule has 3 nitrogen and oxygen atoms in total. The van der Waals surface area contributed by atoms with Gasteiger partial charge in [-0.3, -0.25) is 0 Å². The molecule has 0 heterocycles. The number of fused-ring (bicyclic) bond motifs is 1. The first-order valence-electron chi connectivity index (χ1n) is 8.71. The van der Waals surface area contributed by atoms with Gasteiger partial charge in [0.15, 0.2) is 0 Å². The van der Waals surface area contributed by atoms with Crippen molar-refractivity contribution in [3.63, 3.8) is 0 Å². The van der Waals surface area contributed by atoms with Crippen LogP contribution in [0.5, 0.6) is 5.75 Å². The minimum atomic E-state index is -2.75. The predicted octanol–water partition coefficient (Wildman–Crippen LogP) is 5.64. The highest BCUT2D eigenvalue weighted by atomic mass is 35.5. The van der Waals surface area contributed by atoms with Crippen molar-refractivity contribution in [2.45, 2.75) is 58.0 Å². The van der Waals surface area contributed by atoms with Crippen LogP contribution in [-0.4, -0.2) is 24.1 Å². The first-order chi connectivity index (χ1) is 12.0. The number of hydrogen-bond donors (Lipinski definition) is 0. The van der Waals surface area contributed by atoms with E-state index in [0.29, 0.717) is 12.8 Å². The Hall–Kier alpha value is -1.43. The van der Waals surface area contributed by atoms with Crippen LogP contribution in [-0.2, 0) is 4.74 Å². The van der Waals surface area contributed by atoms with Crippen LogP contribution >= 0.6 is 11.6 Å². The van der Waals surface area contributed by atoms with E-state index < -0.39 is 34.6 Å². The Morgan fingerprint density at radius 3 is 2.62 bits per heavy atom. The van der Waals surface area contributed by atoms with Crippen molar-refractivity contribution in [3.8, 4) is 5.75 Å². The number of rotatable bonds is 4. The van der Waals surface area contributed by atoms with Crippen molar-refractivity contribution < 1.29 is 27.4 Å². The smallest absolute Gasteiger partial charge is 0.341 e. The molecule has 2 saturated carbocycles. The van der Waals surface area contributed by atoms with E-state index in [1.54, 1.807) is 20.8 Å². The van der Waals surface area contributed by atoms with Crippen LogP contribution in [0.2, 0.25) is 5.02 Å². The molecule has 2 aliphatic rings. The third kappa shape index (κ3) is 3.28. The summed E-state index contributed by atoms with van der Waals surface area (Å²) in [5.74, 6) is -5.17. The van der Waals surface area contributed by atoms with Gasteiger partial charge in [0.05, 0.1) is 16.0 Å². The zero-order valence-electron chi connectivity index (χ0n) is 15.0. The molecule has 1 aromatic carbocycles. The minimum absolute atomic E-state index is 0.0139. The van der Waals surface area contributed by atoms with Crippen LogP contribution in [0.3, 0.4) is 0 Å². The molecule has 0 aliphatic heterocycles. The number of halogens is 4. The Morgan fingerprint density at radius 2 is 2.00 bits per heavy atom. The van der Waals surface area contributed by atoms with E-state index in [4.69, 9.17) is 21.1 Å². The van der Waals surface area contributed by atoms with Crippen LogP contribution < -0.4 is 4.74 Å². The molecular formula is C19H22ClF3O3. The Bertz CT molecular complexity index is 729. The van der Waals surface area contributed by atoms with E-state index >= 15 is 0 Å². The third-order valence-electron chi connectivity index (χ3n) is 5.18. The summed E-state index contributed by atoms with van der Waals surface area (Å²) in [6, 6.07) is 2.07. The zero-order valence-corrected chi connectivity index (χ0v) is 15.8. The standard InChI is InChI=1S/C19H22ClF3O3/c1-17(2,3)26-16(24)11-8-12(20)14(9-13(11)21)25-10-18-7-5-4-6-15(18)19(18,22)23/h8-9,15H,4-7,10H2,1-3H3/t15-,18?/m0/s1. The predicted molar refractivity (Wildman–Crippen MR) is 91.4 cm³/mol. The van der Waals surface area contributed by atoms with E-state index in [0.717, 1.165) is 25.0 Å². The lowest BCUT2D eigenvalue weighted by molar-refractivity contribution is 0.00646. The van der Waals surface area contributed by atoms with Crippen molar-refractivity contribution >= 4 is 17.6 Å². The van der Waals surface area contributed by atoms with Gasteiger partial charge in [0.2, 0.25) is 0 Å². The Labute approximate surface area is 155 Å². The normalized spacial score (nSPS) is 26.8. The van der Waals surface area contributed by atoms with Gasteiger partial charge in [-0.2, -0.15) is 0 Å². The molecule has 144 valence electrons. The van der Waals surface area contributed by atoms with Gasteiger partial charge in [0.25, 0.3) is 5.92 Å². The summed E-state index contributed by atoms with van der Waals surface area (Å²) in [6.45, 7) is 4.78. The molecule has 0 saturated heterocycles. The van der Waals surface area contributed by atoms with Crippen molar-refractivity contribution in [3.05, 3.63) is 28.5 Å². The molecule has 2 aliphatic carbocycles. The molecule has 0 aromatic heterocycles. The molecular weight excluding hydrogens is 369 g/mol. The molecule has 7 heteroatoms. The molecule has 3 rings (SSSR count). The number of esters is 1. The maximum Gasteiger partial charge on any atom is 0.341 e. The van der Waals surface area contributed by atoms with Gasteiger partial charge >= 0.3 is 5.97 Å². The van der Waals surface area contributed by atoms with Gasteiger partial charge < -0.3 is 9.47 Å². The summed E-state index contributed by atoms with van der Waals surface area (Å²) < 4.78 is 53.1. The van der Waals surface area contributed by atoms with Crippen molar-refractivity contribution in [2.24, 2.45) is 11.3 Å². The number of hydrogen-bond acceptors (Lipinski definition) is 3. The first kappa shape index (κ1) is 19.3. The van der Waals surface area contributed by atoms with Crippen LogP contribution in [0.4, 0.5) is 13.2 Å². The summed E-state index contributed by atoms with van der Waals surface area (Å²) in [4.78, 5) is 12.0. The highest BCUT2D eigenvalue weighted by molar-refractivity contribution is 6.32. The maximum atomic E-state index is 14.3. The van der Waals surface area contributed by atoms with Crippen molar-refractivity contribution in [2.75, 3.05) is 6.61 Å². The molecule has 1 unspecified atom stereocenters. The van der Waals surface area contributed by atoms with Gasteiger partial charge in [-0.15, -0.1) is 0 Å². The molecule has 0 bridgehead atoms. The molecule has 1 aromatic rings. The average molecular weight is 391 g/mol. The van der Waals surface area contributed by atoms with Crippen LogP contribution in [0.15, 0.2) is 12.1 Å². The summed E-state index contributed by atoms with van der Waals surface area (Å²) in [6.07, 6.45) is 2.40. The average Bonchev–Trinajstić information content (AvgIpc) is 3.02. The van der Waals surface area contributed by atoms with Gasteiger partial charge in [-0.05, 0) is 39.7 Å². The summed E-state index contributed by atoms with van der Waals surface area (Å²) in [7, 11) is 0. The fourth-order valence-corrected chi connectivity index (χ4v) is 4.00. The molecule has 2 atom stereocenters. The largest absolute Gasteiger partial charge is 0.491 e. The highest BCUT2D eigenvalue weighted by Gasteiger charge is 2.80. The van der Waals surface area contributed by atoms with E-state index in [1.165, 1.54) is 0 Å². The molecule has 0 spiro atoms. The molecule has 26 heavy (non-hydrogen) atoms. The van der Waals surface area contributed by atoms with Gasteiger partial charge in [0, 0.05) is 12.0 Å². The summed E-state index contributed by atoms with van der Waals surface area (Å²) in [5.41, 5.74) is -2.27. The molecule has 2 fully saturated rings. The molecule has 0 N–H and O–H groups in total. The monoisotopic (exact) mass is 390 g/mol. The van der Waals surface area contributed by atoms with Gasteiger partial charge in [-0.25, -0.2) is 18.0 Å². The highest BCUT2D eigenvalue weighted by Crippen LogP contribution is 2.72. The number of carbonyl (C=O) groups excluding carboxylic acids is 1. The first-order valence-corrected chi connectivity index (χ1v) is 9.09. The molecule has 0 amide bonds. The Balaban J connectivity index is 1.74. The minimum Gasteiger partial charge on any atom is -0.491 e. The van der Waals surface area contributed by atoms with Gasteiger partial charge in [-0.1, -0.05) is 24.4 Å². The summed E-state index contributed by atoms with van der Waals surface area (Å²) in [5, 5.41) is -0.0139. The number of carbonyl (C=O) groups is 1. The number of benzene rings is 1. The van der Waals surface area contributed by atoms with Crippen molar-refractivity contribution in [1.82, 2.24) is 0 Å². The van der Waals surface area contributed by atoms with Crippen LogP contribution in [0.1, 0.15) is 56.8 Å². The second-order valence-electron chi connectivity index (χ2n) is 8.13. The lowest BCUT2D eigenvalue weighted by Crippen LogP contribution is -2.24. The number of alkyl halides is 2. The number of ether oxygens (including phenoxy) is 2. The Kier molecular flexibility index (Phi) is 4.70. The second kappa shape index (κ2) is 6.32. The van der Waals surface area contributed by atoms with Gasteiger partial charge in [0.1, 0.15) is 23.8 Å². The van der Waals surface area contributed by atoms with Crippen LogP contribution in [0, 0.1) is 17.2 Å². The zero-order chi connectivity index (χ0) is 19.3. The SMILES string of the molecule is CC(C)(C)OC(=O)c1cc(Cl)c(OCC23CCCC[C@@H]2C3(F)F)cc1F. The fourth-order valence-electron chi connectivity index (χ4n) is 3.78. The third-order valence-corrected chi connectivity index (χ3v) is 5.47. The summed E-state index contributed by atoms with van der Waals surface area (Å²) >= 11 is 6.08. The Morgan fingerprint density at radius 1 is 1.31 bits per heavy atom. The van der Waals surface area contributed by atoms with E-state index in [1.807, 2.05) is 0 Å².